The third-order valence-electron chi connectivity index (χ3n) is 4.26. The third kappa shape index (κ3) is 7.46. The number of anilines is 1. The molecule has 0 aliphatic carbocycles. The zero-order chi connectivity index (χ0) is 21.3. The summed E-state index contributed by atoms with van der Waals surface area (Å²) < 4.78 is 14.8. The van der Waals surface area contributed by atoms with Gasteiger partial charge in [0, 0.05) is 37.4 Å². The van der Waals surface area contributed by atoms with Crippen LogP contribution in [0.1, 0.15) is 45.0 Å². The Labute approximate surface area is 167 Å². The Morgan fingerprint density at radius 3 is 2.11 bits per heavy atom. The number of nitrogens with one attached hydrogen (secondary N) is 2. The molecule has 1 fully saturated rings. The van der Waals surface area contributed by atoms with Gasteiger partial charge in [0.05, 0.1) is 13.2 Å². The molecule has 2 N–H and O–H groups in total. The molecule has 0 bridgehead atoms. The maximum absolute atomic E-state index is 12.9. The molecule has 1 aliphatic rings. The van der Waals surface area contributed by atoms with Gasteiger partial charge in [-0.3, -0.25) is 9.18 Å². The van der Waals surface area contributed by atoms with E-state index in [1.54, 1.807) is 20.8 Å². The predicted octanol–water partition coefficient (Wildman–Crippen LogP) is 3.41. The van der Waals surface area contributed by atoms with Crippen LogP contribution < -0.4 is 15.5 Å². The summed E-state index contributed by atoms with van der Waals surface area (Å²) in [7, 11) is 0.500. The first-order chi connectivity index (χ1) is 13.2. The number of Topliss-reactive ketones (excluding diaryl/α,β-unsaturated/α-hetero) is 1. The van der Waals surface area contributed by atoms with E-state index in [9.17, 15) is 14.0 Å². The largest absolute Gasteiger partial charge is 0.444 e. The number of ketones is 1. The van der Waals surface area contributed by atoms with E-state index in [0.29, 0.717) is 12.7 Å². The van der Waals surface area contributed by atoms with Crippen LogP contribution in [-0.4, -0.2) is 56.9 Å². The molecule has 28 heavy (non-hydrogen) atoms. The van der Waals surface area contributed by atoms with Crippen molar-refractivity contribution in [2.45, 2.75) is 46.3 Å². The number of rotatable bonds is 5. The lowest BCUT2D eigenvalue weighted by molar-refractivity contribution is 0.0475. The van der Waals surface area contributed by atoms with Crippen molar-refractivity contribution in [3.63, 3.8) is 0 Å². The van der Waals surface area contributed by atoms with Gasteiger partial charge in [0.2, 0.25) is 0 Å². The molecule has 1 aliphatic heterocycles. The van der Waals surface area contributed by atoms with Crippen molar-refractivity contribution in [1.82, 2.24) is 10.6 Å². The first kappa shape index (κ1) is 23.9. The van der Waals surface area contributed by atoms with Gasteiger partial charge in [0.25, 0.3) is 0 Å². The second-order valence-corrected chi connectivity index (χ2v) is 8.02. The number of hydrogen-bond donors (Lipinski definition) is 2. The van der Waals surface area contributed by atoms with Crippen molar-refractivity contribution in [1.29, 1.82) is 0 Å². The molecule has 1 saturated heterocycles. The standard InChI is InChI=1S/C20H31N3O3.CH3F/c1-14(2)17(22-19(25)26-20(3,4)5)18(24)15-6-8-16(9-7-15)23-12-10-21-11-13-23;1-2/h6-9,14,17,21H,10-13H2,1-5H3,(H,22,25);1H3. The van der Waals surface area contributed by atoms with Gasteiger partial charge in [-0.15, -0.1) is 0 Å². The van der Waals surface area contributed by atoms with Gasteiger partial charge in [-0.1, -0.05) is 13.8 Å². The summed E-state index contributed by atoms with van der Waals surface area (Å²) >= 11 is 0. The van der Waals surface area contributed by atoms with E-state index in [1.165, 1.54) is 0 Å². The molecule has 1 heterocycles. The van der Waals surface area contributed by atoms with Crippen LogP contribution >= 0.6 is 0 Å². The molecule has 1 amide bonds. The minimum absolute atomic E-state index is 0.0390. The highest BCUT2D eigenvalue weighted by atomic mass is 19.1. The summed E-state index contributed by atoms with van der Waals surface area (Å²) in [6, 6.07) is 7.01. The van der Waals surface area contributed by atoms with E-state index < -0.39 is 17.7 Å². The molecule has 158 valence electrons. The maximum Gasteiger partial charge on any atom is 0.408 e. The second kappa shape index (κ2) is 11.0. The van der Waals surface area contributed by atoms with Crippen LogP contribution in [0.3, 0.4) is 0 Å². The maximum atomic E-state index is 12.9. The van der Waals surface area contributed by atoms with Crippen LogP contribution in [0.15, 0.2) is 24.3 Å². The Hall–Kier alpha value is -2.15. The van der Waals surface area contributed by atoms with Crippen LogP contribution in [0.25, 0.3) is 0 Å². The zero-order valence-electron chi connectivity index (χ0n) is 17.8. The number of carbonyl (C=O) groups is 2. The minimum atomic E-state index is -0.616. The van der Waals surface area contributed by atoms with E-state index in [4.69, 9.17) is 4.74 Å². The van der Waals surface area contributed by atoms with Crippen LogP contribution in [-0.2, 0) is 4.74 Å². The monoisotopic (exact) mass is 395 g/mol. The highest BCUT2D eigenvalue weighted by Crippen LogP contribution is 2.18. The van der Waals surface area contributed by atoms with Crippen LogP contribution in [0.2, 0.25) is 0 Å². The number of carbonyl (C=O) groups excluding carboxylic acids is 2. The molecule has 6 nitrogen and oxygen atoms in total. The fraction of sp³-hybridized carbons (Fsp3) is 0.619. The highest BCUT2D eigenvalue weighted by Gasteiger charge is 2.27. The Kier molecular flexibility index (Phi) is 9.38. The van der Waals surface area contributed by atoms with Gasteiger partial charge in [-0.25, -0.2) is 4.79 Å². The summed E-state index contributed by atoms with van der Waals surface area (Å²) in [4.78, 5) is 27.2. The lowest BCUT2D eigenvalue weighted by Gasteiger charge is -2.29. The van der Waals surface area contributed by atoms with E-state index in [0.717, 1.165) is 31.9 Å². The number of hydrogen-bond acceptors (Lipinski definition) is 5. The van der Waals surface area contributed by atoms with Crippen molar-refractivity contribution in [3.8, 4) is 0 Å². The van der Waals surface area contributed by atoms with Gasteiger partial charge < -0.3 is 20.3 Å². The second-order valence-electron chi connectivity index (χ2n) is 8.02. The molecule has 0 aromatic heterocycles. The number of ether oxygens (including phenoxy) is 1. The number of amides is 1. The first-order valence-electron chi connectivity index (χ1n) is 9.64. The topological polar surface area (TPSA) is 70.7 Å². The average Bonchev–Trinajstić information content (AvgIpc) is 2.66. The van der Waals surface area contributed by atoms with Crippen molar-refractivity contribution in [2.24, 2.45) is 5.92 Å². The summed E-state index contributed by atoms with van der Waals surface area (Å²) in [5.74, 6) is -0.138. The molecular weight excluding hydrogens is 361 g/mol. The summed E-state index contributed by atoms with van der Waals surface area (Å²) in [5, 5.41) is 6.05. The lowest BCUT2D eigenvalue weighted by atomic mass is 9.95. The average molecular weight is 396 g/mol. The number of piperazine rings is 1. The van der Waals surface area contributed by atoms with E-state index >= 15 is 0 Å². The molecular formula is C21H34FN3O3. The number of halogens is 1. The molecule has 1 unspecified atom stereocenters. The molecule has 0 spiro atoms. The Bertz CT molecular complexity index is 621. The van der Waals surface area contributed by atoms with Crippen molar-refractivity contribution in [3.05, 3.63) is 29.8 Å². The zero-order valence-corrected chi connectivity index (χ0v) is 17.8. The van der Waals surface area contributed by atoms with Gasteiger partial charge in [0.1, 0.15) is 5.60 Å². The van der Waals surface area contributed by atoms with Crippen molar-refractivity contribution in [2.75, 3.05) is 38.3 Å². The normalized spacial score (nSPS) is 15.4. The molecule has 1 atom stereocenters. The molecule has 0 saturated carbocycles. The smallest absolute Gasteiger partial charge is 0.408 e. The fourth-order valence-electron chi connectivity index (χ4n) is 2.91. The van der Waals surface area contributed by atoms with Crippen LogP contribution in [0.5, 0.6) is 0 Å². The molecule has 2 rings (SSSR count). The fourth-order valence-corrected chi connectivity index (χ4v) is 2.91. The summed E-state index contributed by atoms with van der Waals surface area (Å²) in [5.41, 5.74) is 1.11. The Morgan fingerprint density at radius 1 is 1.11 bits per heavy atom. The Balaban J connectivity index is 0.00000190. The van der Waals surface area contributed by atoms with E-state index in [2.05, 4.69) is 15.5 Å². The quantitative estimate of drug-likeness (QED) is 0.748. The number of alkyl carbamates (subject to hydrolysis) is 1. The van der Waals surface area contributed by atoms with Gasteiger partial charge in [-0.05, 0) is 51.0 Å². The molecule has 0 radical (unpaired) electrons. The SMILES string of the molecule is CC(C)C(NC(=O)OC(C)(C)C)C(=O)c1ccc(N2CCNCC2)cc1.CF. The summed E-state index contributed by atoms with van der Waals surface area (Å²) in [6.45, 7) is 13.1. The van der Waals surface area contributed by atoms with E-state index in [-0.39, 0.29) is 11.7 Å². The number of benzene rings is 1. The van der Waals surface area contributed by atoms with Gasteiger partial charge in [-0.2, -0.15) is 0 Å². The minimum Gasteiger partial charge on any atom is -0.444 e. The van der Waals surface area contributed by atoms with Crippen molar-refractivity contribution >= 4 is 17.6 Å². The van der Waals surface area contributed by atoms with Crippen LogP contribution in [0, 0.1) is 5.92 Å². The van der Waals surface area contributed by atoms with Crippen molar-refractivity contribution < 1.29 is 18.7 Å². The first-order valence-corrected chi connectivity index (χ1v) is 9.64. The molecule has 7 heteroatoms. The van der Waals surface area contributed by atoms with Gasteiger partial charge in [0.15, 0.2) is 5.78 Å². The predicted molar refractivity (Wildman–Crippen MR) is 111 cm³/mol. The highest BCUT2D eigenvalue weighted by molar-refractivity contribution is 6.01. The van der Waals surface area contributed by atoms with E-state index in [1.807, 2.05) is 38.1 Å². The summed E-state index contributed by atoms with van der Waals surface area (Å²) in [6.07, 6.45) is -0.568. The third-order valence-corrected chi connectivity index (χ3v) is 4.26. The lowest BCUT2D eigenvalue weighted by Crippen LogP contribution is -2.46. The van der Waals surface area contributed by atoms with Crippen LogP contribution in [0.4, 0.5) is 14.9 Å². The number of alkyl halides is 1. The Morgan fingerprint density at radius 2 is 1.64 bits per heavy atom. The number of nitrogens with zero attached hydrogens (tertiary/aromatic N) is 1. The van der Waals surface area contributed by atoms with Gasteiger partial charge >= 0.3 is 6.09 Å². The molecule has 1 aromatic carbocycles. The molecule has 1 aromatic rings.